The Bertz CT molecular complexity index is 675. The highest BCUT2D eigenvalue weighted by atomic mass is 32.1. The molecule has 2 rings (SSSR count). The van der Waals surface area contributed by atoms with E-state index in [1.165, 1.54) is 11.3 Å². The Balaban J connectivity index is 1.99. The highest BCUT2D eigenvalue weighted by Gasteiger charge is 2.19. The van der Waals surface area contributed by atoms with Crippen LogP contribution in [0, 0.1) is 5.92 Å². The molecule has 138 valence electrons. The van der Waals surface area contributed by atoms with E-state index in [9.17, 15) is 4.79 Å². The molecule has 2 heterocycles. The molecular weight excluding hydrogens is 334 g/mol. The molecule has 0 aliphatic rings. The van der Waals surface area contributed by atoms with Crippen LogP contribution in [0.2, 0.25) is 0 Å². The molecule has 1 atom stereocenters. The minimum absolute atomic E-state index is 0.104. The van der Waals surface area contributed by atoms with Gasteiger partial charge in [-0.2, -0.15) is 5.10 Å². The van der Waals surface area contributed by atoms with Crippen molar-refractivity contribution in [2.45, 2.75) is 40.2 Å². The van der Waals surface area contributed by atoms with Crippen LogP contribution in [-0.2, 0) is 7.05 Å². The van der Waals surface area contributed by atoms with Gasteiger partial charge in [0, 0.05) is 36.8 Å². The number of nitrogens with one attached hydrogen (secondary N) is 1. The number of hydrogen-bond donors (Lipinski definition) is 1. The Morgan fingerprint density at radius 2 is 2.08 bits per heavy atom. The molecule has 1 N–H and O–H groups in total. The second-order valence-corrected chi connectivity index (χ2v) is 7.51. The zero-order valence-electron chi connectivity index (χ0n) is 15.8. The second kappa shape index (κ2) is 9.10. The van der Waals surface area contributed by atoms with Gasteiger partial charge in [-0.05, 0) is 25.4 Å². The van der Waals surface area contributed by atoms with E-state index in [2.05, 4.69) is 48.0 Å². The molecule has 0 aliphatic heterocycles. The molecule has 0 fully saturated rings. The monoisotopic (exact) mass is 363 g/mol. The Kier molecular flexibility index (Phi) is 7.13. The van der Waals surface area contributed by atoms with Gasteiger partial charge in [0.15, 0.2) is 0 Å². The molecule has 6 nitrogen and oxygen atoms in total. The SMILES string of the molecule is CCN(CC)C(CNC(=O)c1csc(-c2cnn(C)c2)n1)CC(C)C. The van der Waals surface area contributed by atoms with Crippen LogP contribution in [0.3, 0.4) is 0 Å². The van der Waals surface area contributed by atoms with Crippen LogP contribution < -0.4 is 5.32 Å². The number of aryl methyl sites for hydroxylation is 1. The van der Waals surface area contributed by atoms with Crippen LogP contribution in [0.4, 0.5) is 0 Å². The molecule has 0 aliphatic carbocycles. The molecule has 1 unspecified atom stereocenters. The van der Waals surface area contributed by atoms with Crippen LogP contribution in [0.25, 0.3) is 10.6 Å². The van der Waals surface area contributed by atoms with Gasteiger partial charge in [-0.15, -0.1) is 11.3 Å². The number of thiazole rings is 1. The molecule has 0 bridgehead atoms. The van der Waals surface area contributed by atoms with E-state index >= 15 is 0 Å². The first-order chi connectivity index (χ1) is 11.9. The number of nitrogens with zero attached hydrogens (tertiary/aromatic N) is 4. The number of carbonyl (C=O) groups is 1. The summed E-state index contributed by atoms with van der Waals surface area (Å²) in [7, 11) is 1.87. The Morgan fingerprint density at radius 3 is 2.64 bits per heavy atom. The van der Waals surface area contributed by atoms with Gasteiger partial charge in [0.05, 0.1) is 6.20 Å². The number of aromatic nitrogens is 3. The van der Waals surface area contributed by atoms with E-state index in [-0.39, 0.29) is 5.91 Å². The third kappa shape index (κ3) is 5.37. The van der Waals surface area contributed by atoms with Crippen LogP contribution in [-0.4, -0.2) is 51.2 Å². The van der Waals surface area contributed by atoms with Crippen LogP contribution in [0.5, 0.6) is 0 Å². The Hall–Kier alpha value is -1.73. The fourth-order valence-electron chi connectivity index (χ4n) is 2.99. The predicted octanol–water partition coefficient (Wildman–Crippen LogP) is 3.03. The first kappa shape index (κ1) is 19.6. The van der Waals surface area contributed by atoms with E-state index < -0.39 is 0 Å². The molecule has 0 spiro atoms. The molecule has 0 saturated carbocycles. The van der Waals surface area contributed by atoms with Crippen molar-refractivity contribution >= 4 is 17.2 Å². The number of hydrogen-bond acceptors (Lipinski definition) is 5. The lowest BCUT2D eigenvalue weighted by Crippen LogP contribution is -2.44. The number of likely N-dealkylation sites (N-methyl/N-ethyl adjacent to an activating group) is 1. The van der Waals surface area contributed by atoms with Gasteiger partial charge in [0.1, 0.15) is 10.7 Å². The van der Waals surface area contributed by atoms with E-state index in [0.29, 0.717) is 24.2 Å². The van der Waals surface area contributed by atoms with Crippen molar-refractivity contribution in [1.82, 2.24) is 25.0 Å². The van der Waals surface area contributed by atoms with E-state index in [1.807, 2.05) is 18.6 Å². The summed E-state index contributed by atoms with van der Waals surface area (Å²) >= 11 is 1.47. The molecule has 0 radical (unpaired) electrons. The smallest absolute Gasteiger partial charge is 0.270 e. The van der Waals surface area contributed by atoms with Crippen LogP contribution in [0.1, 0.15) is 44.6 Å². The fourth-order valence-corrected chi connectivity index (χ4v) is 3.76. The van der Waals surface area contributed by atoms with Gasteiger partial charge in [0.2, 0.25) is 0 Å². The molecule has 7 heteroatoms. The summed E-state index contributed by atoms with van der Waals surface area (Å²) in [5, 5.41) is 9.85. The summed E-state index contributed by atoms with van der Waals surface area (Å²) < 4.78 is 1.73. The summed E-state index contributed by atoms with van der Waals surface area (Å²) in [5.74, 6) is 0.492. The zero-order chi connectivity index (χ0) is 18.4. The number of amides is 1. The van der Waals surface area contributed by atoms with Gasteiger partial charge in [-0.25, -0.2) is 4.98 Å². The topological polar surface area (TPSA) is 63.1 Å². The normalized spacial score (nSPS) is 12.8. The summed E-state index contributed by atoms with van der Waals surface area (Å²) in [5.41, 5.74) is 1.42. The maximum absolute atomic E-state index is 12.5. The molecule has 2 aromatic rings. The van der Waals surface area contributed by atoms with Crippen molar-refractivity contribution in [2.75, 3.05) is 19.6 Å². The molecule has 2 aromatic heterocycles. The van der Waals surface area contributed by atoms with Crippen molar-refractivity contribution in [1.29, 1.82) is 0 Å². The van der Waals surface area contributed by atoms with E-state index in [1.54, 1.807) is 10.9 Å². The quantitative estimate of drug-likeness (QED) is 0.744. The number of rotatable bonds is 9. The predicted molar refractivity (Wildman–Crippen MR) is 103 cm³/mol. The standard InChI is InChI=1S/C18H29N5OS/c1-6-23(7-2)15(8-13(3)4)10-19-17(24)16-12-25-18(21-16)14-9-20-22(5)11-14/h9,11-13,15H,6-8,10H2,1-5H3,(H,19,24). The average Bonchev–Trinajstić information content (AvgIpc) is 3.21. The largest absolute Gasteiger partial charge is 0.349 e. The highest BCUT2D eigenvalue weighted by Crippen LogP contribution is 2.22. The summed E-state index contributed by atoms with van der Waals surface area (Å²) in [6.45, 7) is 11.4. The molecular formula is C18H29N5OS. The number of carbonyl (C=O) groups excluding carboxylic acids is 1. The fraction of sp³-hybridized carbons (Fsp3) is 0.611. The van der Waals surface area contributed by atoms with Gasteiger partial charge in [-0.3, -0.25) is 14.4 Å². The van der Waals surface area contributed by atoms with Gasteiger partial charge in [-0.1, -0.05) is 27.7 Å². The zero-order valence-corrected chi connectivity index (χ0v) is 16.6. The van der Waals surface area contributed by atoms with Crippen molar-refractivity contribution in [3.63, 3.8) is 0 Å². The molecule has 0 saturated heterocycles. The molecule has 25 heavy (non-hydrogen) atoms. The van der Waals surface area contributed by atoms with Crippen molar-refractivity contribution < 1.29 is 4.79 Å². The maximum Gasteiger partial charge on any atom is 0.270 e. The summed E-state index contributed by atoms with van der Waals surface area (Å²) in [4.78, 5) is 19.3. The Morgan fingerprint density at radius 1 is 1.36 bits per heavy atom. The van der Waals surface area contributed by atoms with Gasteiger partial charge < -0.3 is 5.32 Å². The van der Waals surface area contributed by atoms with Gasteiger partial charge in [0.25, 0.3) is 5.91 Å². The van der Waals surface area contributed by atoms with E-state index in [0.717, 1.165) is 30.1 Å². The van der Waals surface area contributed by atoms with E-state index in [4.69, 9.17) is 0 Å². The first-order valence-electron chi connectivity index (χ1n) is 8.91. The molecule has 1 amide bonds. The van der Waals surface area contributed by atoms with Crippen molar-refractivity contribution in [2.24, 2.45) is 13.0 Å². The third-order valence-corrected chi connectivity index (χ3v) is 5.15. The highest BCUT2D eigenvalue weighted by molar-refractivity contribution is 7.13. The summed E-state index contributed by atoms with van der Waals surface area (Å²) in [6.07, 6.45) is 4.74. The Labute approximate surface area is 154 Å². The lowest BCUT2D eigenvalue weighted by molar-refractivity contribution is 0.0925. The van der Waals surface area contributed by atoms with Crippen molar-refractivity contribution in [3.8, 4) is 10.6 Å². The van der Waals surface area contributed by atoms with Crippen LogP contribution in [0.15, 0.2) is 17.8 Å². The first-order valence-corrected chi connectivity index (χ1v) is 9.79. The lowest BCUT2D eigenvalue weighted by atomic mass is 10.0. The average molecular weight is 364 g/mol. The van der Waals surface area contributed by atoms with Crippen molar-refractivity contribution in [3.05, 3.63) is 23.5 Å². The third-order valence-electron chi connectivity index (χ3n) is 4.26. The maximum atomic E-state index is 12.5. The van der Waals surface area contributed by atoms with Crippen LogP contribution >= 0.6 is 11.3 Å². The second-order valence-electron chi connectivity index (χ2n) is 6.66. The minimum Gasteiger partial charge on any atom is -0.349 e. The molecule has 0 aromatic carbocycles. The lowest BCUT2D eigenvalue weighted by Gasteiger charge is -2.31. The summed E-state index contributed by atoms with van der Waals surface area (Å²) in [6, 6.07) is 0.357. The minimum atomic E-state index is -0.104. The van der Waals surface area contributed by atoms with Gasteiger partial charge >= 0.3 is 0 Å².